The van der Waals surface area contributed by atoms with E-state index in [4.69, 9.17) is 0 Å². The summed E-state index contributed by atoms with van der Waals surface area (Å²) in [6, 6.07) is 0.722. The lowest BCUT2D eigenvalue weighted by Gasteiger charge is -2.41. The van der Waals surface area contributed by atoms with Gasteiger partial charge < -0.3 is 5.32 Å². The van der Waals surface area contributed by atoms with Crippen LogP contribution >= 0.6 is 11.8 Å². The van der Waals surface area contributed by atoms with Gasteiger partial charge >= 0.3 is 0 Å². The van der Waals surface area contributed by atoms with Crippen LogP contribution in [0.2, 0.25) is 0 Å². The molecule has 1 N–H and O–H groups in total. The van der Waals surface area contributed by atoms with Crippen molar-refractivity contribution in [1.82, 2.24) is 5.32 Å². The highest BCUT2D eigenvalue weighted by atomic mass is 32.2. The molecule has 0 saturated heterocycles. The summed E-state index contributed by atoms with van der Waals surface area (Å²) < 4.78 is 0. The molecule has 0 amide bonds. The average molecular weight is 243 g/mol. The van der Waals surface area contributed by atoms with E-state index in [2.05, 4.69) is 58.7 Å². The predicted octanol–water partition coefficient (Wildman–Crippen LogP) is 3.93. The minimum Gasteiger partial charge on any atom is -0.316 e. The first-order valence-corrected chi connectivity index (χ1v) is 7.63. The zero-order valence-electron chi connectivity index (χ0n) is 11.8. The maximum absolute atomic E-state index is 3.52. The van der Waals surface area contributed by atoms with Gasteiger partial charge in [0.05, 0.1) is 0 Å². The quantitative estimate of drug-likeness (QED) is 0.803. The molecular formula is C14H29NS. The molecule has 1 aliphatic carbocycles. The van der Waals surface area contributed by atoms with Crippen LogP contribution in [0.3, 0.4) is 0 Å². The van der Waals surface area contributed by atoms with E-state index in [0.717, 1.165) is 22.5 Å². The molecule has 1 aliphatic rings. The summed E-state index contributed by atoms with van der Waals surface area (Å²) in [5.41, 5.74) is 0.543. The topological polar surface area (TPSA) is 12.0 Å². The molecule has 0 aromatic carbocycles. The molecule has 16 heavy (non-hydrogen) atoms. The second-order valence-corrected chi connectivity index (χ2v) is 8.05. The zero-order chi connectivity index (χ0) is 12.3. The molecule has 0 aromatic heterocycles. The molecule has 0 spiro atoms. The molecule has 1 rings (SSSR count). The first kappa shape index (κ1) is 14.4. The van der Waals surface area contributed by atoms with E-state index in [9.17, 15) is 0 Å². The Balaban J connectivity index is 2.58. The summed E-state index contributed by atoms with van der Waals surface area (Å²) in [7, 11) is 2.12. The van der Waals surface area contributed by atoms with Crippen LogP contribution < -0.4 is 5.32 Å². The van der Waals surface area contributed by atoms with Crippen molar-refractivity contribution >= 4 is 11.8 Å². The Labute approximate surface area is 106 Å². The summed E-state index contributed by atoms with van der Waals surface area (Å²) >= 11 is 2.20. The summed E-state index contributed by atoms with van der Waals surface area (Å²) in [4.78, 5) is 0. The molecule has 1 fully saturated rings. The zero-order valence-corrected chi connectivity index (χ0v) is 12.7. The minimum atomic E-state index is 0.543. The van der Waals surface area contributed by atoms with E-state index in [-0.39, 0.29) is 0 Å². The maximum Gasteiger partial charge on any atom is 0.0208 e. The first-order valence-electron chi connectivity index (χ1n) is 6.68. The van der Waals surface area contributed by atoms with E-state index in [1.807, 2.05) is 0 Å². The van der Waals surface area contributed by atoms with E-state index >= 15 is 0 Å². The number of hydrogen-bond acceptors (Lipinski definition) is 2. The predicted molar refractivity (Wildman–Crippen MR) is 76.2 cm³/mol. The van der Waals surface area contributed by atoms with Crippen molar-refractivity contribution in [2.75, 3.05) is 7.05 Å². The molecule has 1 nitrogen and oxygen atoms in total. The molecule has 3 unspecified atom stereocenters. The van der Waals surface area contributed by atoms with E-state index in [0.29, 0.717) is 5.41 Å². The lowest BCUT2D eigenvalue weighted by atomic mass is 9.75. The lowest BCUT2D eigenvalue weighted by molar-refractivity contribution is 0.218. The number of rotatable bonds is 4. The van der Waals surface area contributed by atoms with Crippen molar-refractivity contribution in [3.63, 3.8) is 0 Å². The fourth-order valence-corrected chi connectivity index (χ4v) is 4.30. The van der Waals surface area contributed by atoms with Crippen LogP contribution in [-0.4, -0.2) is 23.6 Å². The summed E-state index contributed by atoms with van der Waals surface area (Å²) in [5.74, 6) is 0.785. The molecule has 0 aliphatic heterocycles. The Hall–Kier alpha value is 0.310. The van der Waals surface area contributed by atoms with Crippen molar-refractivity contribution in [1.29, 1.82) is 0 Å². The smallest absolute Gasteiger partial charge is 0.0208 e. The summed E-state index contributed by atoms with van der Waals surface area (Å²) in [6.45, 7) is 11.9. The number of hydrogen-bond donors (Lipinski definition) is 1. The van der Waals surface area contributed by atoms with Crippen LogP contribution in [0.4, 0.5) is 0 Å². The van der Waals surface area contributed by atoms with Crippen LogP contribution in [0, 0.1) is 11.3 Å². The van der Waals surface area contributed by atoms with Crippen LogP contribution in [0.15, 0.2) is 0 Å². The van der Waals surface area contributed by atoms with E-state index in [1.54, 1.807) is 0 Å². The van der Waals surface area contributed by atoms with Gasteiger partial charge in [0.25, 0.3) is 0 Å². The fraction of sp³-hybridized carbons (Fsp3) is 1.00. The minimum absolute atomic E-state index is 0.543. The lowest BCUT2D eigenvalue weighted by Crippen LogP contribution is -2.44. The number of nitrogens with one attached hydrogen (secondary N) is 1. The largest absolute Gasteiger partial charge is 0.316 e. The molecule has 0 bridgehead atoms. The molecule has 96 valence electrons. The fourth-order valence-electron chi connectivity index (χ4n) is 2.43. The van der Waals surface area contributed by atoms with Crippen molar-refractivity contribution in [3.05, 3.63) is 0 Å². The Bertz CT molecular complexity index is 213. The van der Waals surface area contributed by atoms with Gasteiger partial charge in [-0.25, -0.2) is 0 Å². The van der Waals surface area contributed by atoms with E-state index in [1.165, 1.54) is 19.3 Å². The monoisotopic (exact) mass is 243 g/mol. The van der Waals surface area contributed by atoms with Gasteiger partial charge in [0.1, 0.15) is 0 Å². The van der Waals surface area contributed by atoms with Gasteiger partial charge in [-0.1, -0.05) is 34.6 Å². The third-order valence-electron chi connectivity index (χ3n) is 4.03. The van der Waals surface area contributed by atoms with Crippen molar-refractivity contribution in [2.24, 2.45) is 11.3 Å². The third-order valence-corrected chi connectivity index (χ3v) is 5.85. The highest BCUT2D eigenvalue weighted by Crippen LogP contribution is 2.42. The second-order valence-electron chi connectivity index (χ2n) is 6.43. The van der Waals surface area contributed by atoms with Crippen molar-refractivity contribution in [3.8, 4) is 0 Å². The number of thioether (sulfide) groups is 1. The normalized spacial score (nSPS) is 31.7. The maximum atomic E-state index is 3.52. The van der Waals surface area contributed by atoms with Gasteiger partial charge in [-0.3, -0.25) is 0 Å². The van der Waals surface area contributed by atoms with Crippen molar-refractivity contribution in [2.45, 2.75) is 70.4 Å². The molecule has 2 heteroatoms. The van der Waals surface area contributed by atoms with Crippen LogP contribution in [-0.2, 0) is 0 Å². The molecule has 0 aromatic rings. The van der Waals surface area contributed by atoms with Gasteiger partial charge in [-0.15, -0.1) is 0 Å². The van der Waals surface area contributed by atoms with E-state index < -0.39 is 0 Å². The molecule has 0 radical (unpaired) electrons. The first-order chi connectivity index (χ1) is 7.35. The second kappa shape index (κ2) is 5.77. The SMILES string of the molecule is CNC1CCC(C)(C)CC1SC(C)C(C)C. The van der Waals surface area contributed by atoms with Crippen LogP contribution in [0.1, 0.15) is 53.9 Å². The average Bonchev–Trinajstić information content (AvgIpc) is 2.16. The standard InChI is InChI=1S/C14H29NS/c1-10(2)11(3)16-13-9-14(4,5)8-7-12(13)15-6/h10-13,15H,7-9H2,1-6H3. The van der Waals surface area contributed by atoms with Gasteiger partial charge in [0.2, 0.25) is 0 Å². The Morgan fingerprint density at radius 3 is 2.38 bits per heavy atom. The summed E-state index contributed by atoms with van der Waals surface area (Å²) in [6.07, 6.45) is 4.07. The Kier molecular flexibility index (Phi) is 5.18. The highest BCUT2D eigenvalue weighted by Gasteiger charge is 2.35. The summed E-state index contributed by atoms with van der Waals surface area (Å²) in [5, 5.41) is 5.09. The molecule has 1 saturated carbocycles. The van der Waals surface area contributed by atoms with Gasteiger partial charge in [-0.05, 0) is 37.6 Å². The van der Waals surface area contributed by atoms with Crippen LogP contribution in [0.5, 0.6) is 0 Å². The Morgan fingerprint density at radius 2 is 1.88 bits per heavy atom. The van der Waals surface area contributed by atoms with Gasteiger partial charge in [0, 0.05) is 16.5 Å². The van der Waals surface area contributed by atoms with Crippen molar-refractivity contribution < 1.29 is 0 Å². The molecular weight excluding hydrogens is 214 g/mol. The molecule has 0 heterocycles. The van der Waals surface area contributed by atoms with Crippen LogP contribution in [0.25, 0.3) is 0 Å². The van der Waals surface area contributed by atoms with Gasteiger partial charge in [-0.2, -0.15) is 11.8 Å². The third kappa shape index (κ3) is 3.96. The highest BCUT2D eigenvalue weighted by molar-refractivity contribution is 8.00. The molecule has 3 atom stereocenters. The Morgan fingerprint density at radius 1 is 1.25 bits per heavy atom. The van der Waals surface area contributed by atoms with Gasteiger partial charge in [0.15, 0.2) is 0 Å².